The van der Waals surface area contributed by atoms with Crippen LogP contribution in [0.4, 0.5) is 0 Å². The van der Waals surface area contributed by atoms with Crippen LogP contribution < -0.4 is 0 Å². The fourth-order valence-corrected chi connectivity index (χ4v) is 2.17. The molecule has 0 spiro atoms. The van der Waals surface area contributed by atoms with E-state index >= 15 is 0 Å². The maximum absolute atomic E-state index is 12.2. The van der Waals surface area contributed by atoms with Crippen LogP contribution in [0.1, 0.15) is 36.8 Å². The summed E-state index contributed by atoms with van der Waals surface area (Å²) in [6.45, 7) is 5.09. The minimum absolute atomic E-state index is 0.172. The smallest absolute Gasteiger partial charge is 0.223 e. The molecule has 2 rings (SSSR count). The molecule has 0 unspecified atom stereocenters. The standard InChI is InChI=1S/C17H21NO2/c1-3-7-17(19)18(12-15-8-5-4-6-9-15)13-16-11-10-14(2)20-16/h4-6,8-11H,3,7,12-13H2,1-2H3. The van der Waals surface area contributed by atoms with Gasteiger partial charge in [0.2, 0.25) is 5.91 Å². The number of nitrogens with zero attached hydrogens (tertiary/aromatic N) is 1. The zero-order valence-electron chi connectivity index (χ0n) is 12.1. The van der Waals surface area contributed by atoms with E-state index in [-0.39, 0.29) is 5.91 Å². The summed E-state index contributed by atoms with van der Waals surface area (Å²) in [6, 6.07) is 13.9. The predicted molar refractivity (Wildman–Crippen MR) is 79.0 cm³/mol. The molecule has 0 aliphatic carbocycles. The number of hydrogen-bond acceptors (Lipinski definition) is 2. The number of hydrogen-bond donors (Lipinski definition) is 0. The molecule has 0 fully saturated rings. The summed E-state index contributed by atoms with van der Waals surface area (Å²) in [4.78, 5) is 14.1. The van der Waals surface area contributed by atoms with Gasteiger partial charge in [-0.15, -0.1) is 0 Å². The zero-order chi connectivity index (χ0) is 14.4. The van der Waals surface area contributed by atoms with Crippen molar-refractivity contribution in [2.24, 2.45) is 0 Å². The predicted octanol–water partition coefficient (Wildman–Crippen LogP) is 3.92. The molecule has 0 aliphatic rings. The second kappa shape index (κ2) is 6.94. The number of benzene rings is 1. The topological polar surface area (TPSA) is 33.5 Å². The van der Waals surface area contributed by atoms with E-state index in [1.165, 1.54) is 0 Å². The van der Waals surface area contributed by atoms with Crippen LogP contribution in [0, 0.1) is 6.92 Å². The first kappa shape index (κ1) is 14.4. The van der Waals surface area contributed by atoms with Crippen molar-refractivity contribution in [2.45, 2.75) is 39.8 Å². The number of furan rings is 1. The van der Waals surface area contributed by atoms with Crippen molar-refractivity contribution in [3.63, 3.8) is 0 Å². The van der Waals surface area contributed by atoms with E-state index in [2.05, 4.69) is 0 Å². The average Bonchev–Trinajstić information content (AvgIpc) is 2.85. The fraction of sp³-hybridized carbons (Fsp3) is 0.353. The average molecular weight is 271 g/mol. The summed E-state index contributed by atoms with van der Waals surface area (Å²) in [5.41, 5.74) is 1.14. The molecule has 1 amide bonds. The summed E-state index contributed by atoms with van der Waals surface area (Å²) >= 11 is 0. The molecule has 0 aliphatic heterocycles. The number of carbonyl (C=O) groups excluding carboxylic acids is 1. The highest BCUT2D eigenvalue weighted by molar-refractivity contribution is 5.76. The first-order valence-corrected chi connectivity index (χ1v) is 7.06. The summed E-state index contributed by atoms with van der Waals surface area (Å²) < 4.78 is 5.59. The van der Waals surface area contributed by atoms with Gasteiger partial charge in [0, 0.05) is 13.0 Å². The number of carbonyl (C=O) groups is 1. The quantitative estimate of drug-likeness (QED) is 0.798. The van der Waals surface area contributed by atoms with E-state index in [9.17, 15) is 4.79 Å². The van der Waals surface area contributed by atoms with Gasteiger partial charge in [0.15, 0.2) is 0 Å². The molecule has 1 aromatic heterocycles. The first-order valence-electron chi connectivity index (χ1n) is 7.06. The zero-order valence-corrected chi connectivity index (χ0v) is 12.1. The van der Waals surface area contributed by atoms with Crippen LogP contribution in [0.3, 0.4) is 0 Å². The molecule has 0 saturated heterocycles. The third kappa shape index (κ3) is 3.98. The number of amides is 1. The molecular formula is C17H21NO2. The summed E-state index contributed by atoms with van der Waals surface area (Å²) in [7, 11) is 0. The summed E-state index contributed by atoms with van der Waals surface area (Å²) in [5.74, 6) is 1.89. The highest BCUT2D eigenvalue weighted by atomic mass is 16.3. The van der Waals surface area contributed by atoms with Crippen LogP contribution in [0.2, 0.25) is 0 Å². The molecule has 1 heterocycles. The monoisotopic (exact) mass is 271 g/mol. The van der Waals surface area contributed by atoms with Crippen molar-refractivity contribution >= 4 is 5.91 Å². The maximum Gasteiger partial charge on any atom is 0.223 e. The van der Waals surface area contributed by atoms with Gasteiger partial charge in [0.25, 0.3) is 0 Å². The first-order chi connectivity index (χ1) is 9.69. The largest absolute Gasteiger partial charge is 0.464 e. The lowest BCUT2D eigenvalue weighted by atomic mass is 10.2. The van der Waals surface area contributed by atoms with Gasteiger partial charge in [0.1, 0.15) is 11.5 Å². The van der Waals surface area contributed by atoms with E-state index in [1.807, 2.05) is 61.2 Å². The maximum atomic E-state index is 12.2. The van der Waals surface area contributed by atoms with Crippen LogP contribution in [0.5, 0.6) is 0 Å². The highest BCUT2D eigenvalue weighted by Crippen LogP contribution is 2.14. The minimum Gasteiger partial charge on any atom is -0.464 e. The van der Waals surface area contributed by atoms with Gasteiger partial charge in [-0.3, -0.25) is 4.79 Å². The molecule has 2 aromatic rings. The molecule has 0 atom stereocenters. The van der Waals surface area contributed by atoms with E-state index in [4.69, 9.17) is 4.42 Å². The van der Waals surface area contributed by atoms with Gasteiger partial charge >= 0.3 is 0 Å². The lowest BCUT2D eigenvalue weighted by molar-refractivity contribution is -0.132. The minimum atomic E-state index is 0.172. The van der Waals surface area contributed by atoms with Crippen LogP contribution in [-0.4, -0.2) is 10.8 Å². The van der Waals surface area contributed by atoms with Crippen molar-refractivity contribution in [3.05, 3.63) is 59.5 Å². The fourth-order valence-electron chi connectivity index (χ4n) is 2.17. The Balaban J connectivity index is 2.10. The Morgan fingerprint density at radius 1 is 1.10 bits per heavy atom. The van der Waals surface area contributed by atoms with Crippen LogP contribution >= 0.6 is 0 Å². The highest BCUT2D eigenvalue weighted by Gasteiger charge is 2.15. The lowest BCUT2D eigenvalue weighted by Gasteiger charge is -2.21. The Labute approximate surface area is 120 Å². The van der Waals surface area contributed by atoms with Crippen molar-refractivity contribution in [3.8, 4) is 0 Å². The van der Waals surface area contributed by atoms with Crippen LogP contribution in [-0.2, 0) is 17.9 Å². The molecule has 106 valence electrons. The van der Waals surface area contributed by atoms with Crippen molar-refractivity contribution in [2.75, 3.05) is 0 Å². The van der Waals surface area contributed by atoms with Gasteiger partial charge in [-0.1, -0.05) is 37.3 Å². The van der Waals surface area contributed by atoms with Gasteiger partial charge in [-0.05, 0) is 31.0 Å². The normalized spacial score (nSPS) is 10.5. The molecule has 3 nitrogen and oxygen atoms in total. The second-order valence-corrected chi connectivity index (χ2v) is 5.00. The Morgan fingerprint density at radius 2 is 1.85 bits per heavy atom. The molecular weight excluding hydrogens is 250 g/mol. The molecule has 3 heteroatoms. The van der Waals surface area contributed by atoms with Crippen LogP contribution in [0.25, 0.3) is 0 Å². The van der Waals surface area contributed by atoms with Gasteiger partial charge < -0.3 is 9.32 Å². The van der Waals surface area contributed by atoms with Crippen molar-refractivity contribution in [1.82, 2.24) is 4.90 Å². The number of aryl methyl sites for hydroxylation is 1. The Hall–Kier alpha value is -2.03. The van der Waals surface area contributed by atoms with Crippen molar-refractivity contribution < 1.29 is 9.21 Å². The molecule has 0 radical (unpaired) electrons. The second-order valence-electron chi connectivity index (χ2n) is 5.00. The van der Waals surface area contributed by atoms with Gasteiger partial charge in [-0.2, -0.15) is 0 Å². The Bertz CT molecular complexity index is 545. The third-order valence-corrected chi connectivity index (χ3v) is 3.18. The molecule has 1 aromatic carbocycles. The van der Waals surface area contributed by atoms with E-state index in [0.717, 1.165) is 23.5 Å². The summed E-state index contributed by atoms with van der Waals surface area (Å²) in [5, 5.41) is 0. The van der Waals surface area contributed by atoms with E-state index < -0.39 is 0 Å². The molecule has 20 heavy (non-hydrogen) atoms. The summed E-state index contributed by atoms with van der Waals surface area (Å²) in [6.07, 6.45) is 1.44. The SMILES string of the molecule is CCCC(=O)N(Cc1ccccc1)Cc1ccc(C)o1. The Kier molecular flexibility index (Phi) is 4.99. The third-order valence-electron chi connectivity index (χ3n) is 3.18. The van der Waals surface area contributed by atoms with Gasteiger partial charge in [-0.25, -0.2) is 0 Å². The van der Waals surface area contributed by atoms with Crippen LogP contribution in [0.15, 0.2) is 46.9 Å². The Morgan fingerprint density at radius 3 is 2.45 bits per heavy atom. The lowest BCUT2D eigenvalue weighted by Crippen LogP contribution is -2.29. The molecule has 0 saturated carbocycles. The molecule has 0 bridgehead atoms. The van der Waals surface area contributed by atoms with Crippen molar-refractivity contribution in [1.29, 1.82) is 0 Å². The van der Waals surface area contributed by atoms with E-state index in [0.29, 0.717) is 19.5 Å². The number of rotatable bonds is 6. The molecule has 0 N–H and O–H groups in total. The van der Waals surface area contributed by atoms with Gasteiger partial charge in [0.05, 0.1) is 6.54 Å². The van der Waals surface area contributed by atoms with E-state index in [1.54, 1.807) is 0 Å².